The number of carbonyl (C=O) groups is 1. The van der Waals surface area contributed by atoms with Crippen LogP contribution in [0.2, 0.25) is 5.02 Å². The van der Waals surface area contributed by atoms with E-state index in [-0.39, 0.29) is 11.3 Å². The molecule has 1 N–H and O–H groups in total. The van der Waals surface area contributed by atoms with E-state index in [9.17, 15) is 4.79 Å². The summed E-state index contributed by atoms with van der Waals surface area (Å²) in [5.74, 6) is 1.72. The Morgan fingerprint density at radius 2 is 1.97 bits per heavy atom. The summed E-state index contributed by atoms with van der Waals surface area (Å²) in [7, 11) is 1.62. The van der Waals surface area contributed by atoms with Crippen LogP contribution in [0.1, 0.15) is 60.5 Å². The first-order valence-corrected chi connectivity index (χ1v) is 13.5. The Hall–Kier alpha value is -2.83. The highest BCUT2D eigenvalue weighted by atomic mass is 35.5. The first-order chi connectivity index (χ1) is 17.2. The van der Waals surface area contributed by atoms with Crippen LogP contribution in [0.3, 0.4) is 0 Å². The van der Waals surface area contributed by atoms with Gasteiger partial charge in [0.25, 0.3) is 5.91 Å². The number of methoxy groups -OCH3 is 1. The van der Waals surface area contributed by atoms with Crippen molar-refractivity contribution in [3.8, 4) is 11.5 Å². The van der Waals surface area contributed by atoms with E-state index in [1.807, 2.05) is 37.3 Å². The van der Waals surface area contributed by atoms with Crippen LogP contribution in [-0.2, 0) is 12.8 Å². The first-order valence-electron chi connectivity index (χ1n) is 12.3. The lowest BCUT2D eigenvalue weighted by Crippen LogP contribution is -2.27. The van der Waals surface area contributed by atoms with Gasteiger partial charge in [0, 0.05) is 27.4 Å². The van der Waals surface area contributed by atoms with E-state index >= 15 is 0 Å². The van der Waals surface area contributed by atoms with Gasteiger partial charge in [0.05, 0.1) is 19.3 Å². The van der Waals surface area contributed by atoms with E-state index in [4.69, 9.17) is 26.1 Å². The van der Waals surface area contributed by atoms with E-state index in [1.165, 1.54) is 4.88 Å². The van der Waals surface area contributed by atoms with Crippen LogP contribution in [0.25, 0.3) is 0 Å². The van der Waals surface area contributed by atoms with Crippen molar-refractivity contribution in [3.63, 3.8) is 0 Å². The number of carbonyl (C=O) groups excluding carboxylic acids is 1. The molecule has 1 aliphatic rings. The van der Waals surface area contributed by atoms with Crippen molar-refractivity contribution in [2.45, 2.75) is 47.0 Å². The molecule has 5 nitrogen and oxygen atoms in total. The summed E-state index contributed by atoms with van der Waals surface area (Å²) in [4.78, 5) is 19.7. The zero-order chi connectivity index (χ0) is 25.9. The number of rotatable bonds is 7. The fraction of sp³-hybridized carbons (Fsp3) is 0.379. The van der Waals surface area contributed by atoms with Crippen molar-refractivity contribution >= 4 is 45.7 Å². The molecule has 190 valence electrons. The molecule has 1 atom stereocenters. The molecule has 0 fully saturated rings. The van der Waals surface area contributed by atoms with E-state index in [0.717, 1.165) is 30.4 Å². The number of nitrogens with zero attached hydrogens (tertiary/aromatic N) is 1. The molecule has 0 saturated carbocycles. The third-order valence-electron chi connectivity index (χ3n) is 6.64. The summed E-state index contributed by atoms with van der Waals surface area (Å²) >= 11 is 7.64. The van der Waals surface area contributed by atoms with Crippen molar-refractivity contribution in [1.82, 2.24) is 0 Å². The zero-order valence-electron chi connectivity index (χ0n) is 21.5. The molecule has 0 saturated heterocycles. The second-order valence-corrected chi connectivity index (χ2v) is 11.5. The van der Waals surface area contributed by atoms with E-state index in [2.05, 4.69) is 26.1 Å². The molecular weight excluding hydrogens is 492 g/mol. The maximum Gasteiger partial charge on any atom is 0.259 e. The predicted molar refractivity (Wildman–Crippen MR) is 150 cm³/mol. The second kappa shape index (κ2) is 11.1. The monoisotopic (exact) mass is 524 g/mol. The minimum atomic E-state index is -0.146. The number of halogens is 1. The van der Waals surface area contributed by atoms with Gasteiger partial charge in [-0.25, -0.2) is 4.99 Å². The van der Waals surface area contributed by atoms with Crippen molar-refractivity contribution < 1.29 is 14.3 Å². The molecule has 1 aromatic heterocycles. The van der Waals surface area contributed by atoms with Crippen molar-refractivity contribution in [2.24, 2.45) is 16.3 Å². The lowest BCUT2D eigenvalue weighted by molar-refractivity contribution is 0.102. The lowest BCUT2D eigenvalue weighted by Gasteiger charge is -2.33. The third kappa shape index (κ3) is 5.76. The minimum Gasteiger partial charge on any atom is -0.493 e. The Morgan fingerprint density at radius 3 is 2.64 bits per heavy atom. The molecule has 2 aromatic carbocycles. The molecule has 3 aromatic rings. The van der Waals surface area contributed by atoms with Crippen molar-refractivity contribution in [1.29, 1.82) is 0 Å². The number of thiophene rings is 1. The number of anilines is 1. The molecule has 0 radical (unpaired) electrons. The predicted octanol–water partition coefficient (Wildman–Crippen LogP) is 7.96. The number of aliphatic imine (C=N–C) groups is 1. The fourth-order valence-electron chi connectivity index (χ4n) is 4.58. The van der Waals surface area contributed by atoms with Gasteiger partial charge in [-0.3, -0.25) is 4.79 Å². The maximum atomic E-state index is 13.6. The van der Waals surface area contributed by atoms with E-state index in [1.54, 1.807) is 36.8 Å². The molecule has 0 aliphatic heterocycles. The third-order valence-corrected chi connectivity index (χ3v) is 8.05. The van der Waals surface area contributed by atoms with Crippen LogP contribution in [0.5, 0.6) is 11.5 Å². The molecule has 1 amide bonds. The summed E-state index contributed by atoms with van der Waals surface area (Å²) < 4.78 is 11.3. The van der Waals surface area contributed by atoms with Gasteiger partial charge in [-0.05, 0) is 79.5 Å². The normalized spacial score (nSPS) is 15.6. The Bertz CT molecular complexity index is 1260. The van der Waals surface area contributed by atoms with Crippen LogP contribution in [-0.4, -0.2) is 25.8 Å². The molecule has 0 bridgehead atoms. The number of nitrogens with one attached hydrogen (secondary N) is 1. The van der Waals surface area contributed by atoms with E-state index < -0.39 is 0 Å². The van der Waals surface area contributed by atoms with Crippen molar-refractivity contribution in [2.75, 3.05) is 19.0 Å². The topological polar surface area (TPSA) is 59.9 Å². The lowest BCUT2D eigenvalue weighted by atomic mass is 9.72. The Morgan fingerprint density at radius 1 is 1.22 bits per heavy atom. The SMILES string of the molecule is CCOc1c(C=Nc2sc3c(c2C(=O)Nc2ccc(Cl)cc2)CC[C@H](C(C)(C)C)C3)cccc1OC. The molecular formula is C29H33ClN2O3S. The van der Waals surface area contributed by atoms with Gasteiger partial charge < -0.3 is 14.8 Å². The van der Waals surface area contributed by atoms with Crippen LogP contribution in [0, 0.1) is 11.3 Å². The molecule has 36 heavy (non-hydrogen) atoms. The van der Waals surface area contributed by atoms with Gasteiger partial charge in [-0.2, -0.15) is 0 Å². The number of hydrogen-bond donors (Lipinski definition) is 1. The number of hydrogen-bond acceptors (Lipinski definition) is 5. The highest BCUT2D eigenvalue weighted by Gasteiger charge is 2.33. The minimum absolute atomic E-state index is 0.146. The second-order valence-electron chi connectivity index (χ2n) is 10.0. The molecule has 0 spiro atoms. The Kier molecular flexibility index (Phi) is 8.06. The van der Waals surface area contributed by atoms with Crippen molar-refractivity contribution in [3.05, 3.63) is 69.1 Å². The Balaban J connectivity index is 1.73. The van der Waals surface area contributed by atoms with Gasteiger partial charge in [-0.15, -0.1) is 11.3 Å². The number of para-hydroxylation sites is 1. The highest BCUT2D eigenvalue weighted by molar-refractivity contribution is 7.16. The van der Waals surface area contributed by atoms with Gasteiger partial charge in [0.15, 0.2) is 11.5 Å². The summed E-state index contributed by atoms with van der Waals surface area (Å²) in [6.45, 7) is 9.33. The van der Waals surface area contributed by atoms with Crippen LogP contribution in [0.4, 0.5) is 10.7 Å². The number of fused-ring (bicyclic) bond motifs is 1. The average Bonchev–Trinajstić information content (AvgIpc) is 3.22. The van der Waals surface area contributed by atoms with Gasteiger partial charge in [-0.1, -0.05) is 38.4 Å². The van der Waals surface area contributed by atoms with Crippen LogP contribution >= 0.6 is 22.9 Å². The highest BCUT2D eigenvalue weighted by Crippen LogP contribution is 2.45. The average molecular weight is 525 g/mol. The summed E-state index contributed by atoms with van der Waals surface area (Å²) in [6, 6.07) is 12.9. The quantitative estimate of drug-likeness (QED) is 0.319. The molecule has 7 heteroatoms. The smallest absolute Gasteiger partial charge is 0.259 e. The van der Waals surface area contributed by atoms with Gasteiger partial charge in [0.2, 0.25) is 0 Å². The van der Waals surface area contributed by atoms with Crippen LogP contribution < -0.4 is 14.8 Å². The van der Waals surface area contributed by atoms with Gasteiger partial charge in [0.1, 0.15) is 5.00 Å². The van der Waals surface area contributed by atoms with Crippen LogP contribution in [0.15, 0.2) is 47.5 Å². The fourth-order valence-corrected chi connectivity index (χ4v) is 5.98. The first kappa shape index (κ1) is 26.2. The summed E-state index contributed by atoms with van der Waals surface area (Å²) in [5.41, 5.74) is 3.50. The number of amides is 1. The molecule has 1 heterocycles. The maximum absolute atomic E-state index is 13.6. The standard InChI is InChI=1S/C29H33ClN2O3S/c1-6-35-26-18(8-7-9-23(26)34-5)17-31-28-25(27(33)32-21-13-11-20(30)12-14-21)22-15-10-19(29(2,3)4)16-24(22)36-28/h7-9,11-14,17,19H,6,10,15-16H2,1-5H3,(H,32,33)/t19-/m0/s1. The van der Waals surface area contributed by atoms with E-state index in [0.29, 0.717) is 45.3 Å². The largest absolute Gasteiger partial charge is 0.493 e. The zero-order valence-corrected chi connectivity index (χ0v) is 23.1. The number of ether oxygens (including phenoxy) is 2. The molecule has 0 unspecified atom stereocenters. The summed E-state index contributed by atoms with van der Waals surface area (Å²) in [6.07, 6.45) is 4.66. The molecule has 1 aliphatic carbocycles. The molecule has 4 rings (SSSR count). The van der Waals surface area contributed by atoms with Gasteiger partial charge >= 0.3 is 0 Å². The summed E-state index contributed by atoms with van der Waals surface area (Å²) in [5, 5.41) is 4.38. The Labute approximate surface area is 222 Å². The number of benzene rings is 2.